The van der Waals surface area contributed by atoms with Crippen LogP contribution in [0.15, 0.2) is 30.3 Å². The van der Waals surface area contributed by atoms with Gasteiger partial charge in [0.05, 0.1) is 5.69 Å². The summed E-state index contributed by atoms with van der Waals surface area (Å²) in [6.07, 6.45) is 4.22. The van der Waals surface area contributed by atoms with Crippen LogP contribution in [0.1, 0.15) is 55.5 Å². The number of aromatic nitrogens is 3. The van der Waals surface area contributed by atoms with Crippen LogP contribution in [0.25, 0.3) is 22.4 Å². The van der Waals surface area contributed by atoms with Crippen molar-refractivity contribution in [2.45, 2.75) is 58.4 Å². The Morgan fingerprint density at radius 2 is 1.86 bits per heavy atom. The van der Waals surface area contributed by atoms with Crippen LogP contribution >= 0.6 is 0 Å². The first-order valence-corrected chi connectivity index (χ1v) is 9.94. The smallest absolute Gasteiger partial charge is 0.217 e. The van der Waals surface area contributed by atoms with E-state index in [-0.39, 0.29) is 17.9 Å². The third-order valence-corrected chi connectivity index (χ3v) is 5.96. The second-order valence-corrected chi connectivity index (χ2v) is 7.78. The summed E-state index contributed by atoms with van der Waals surface area (Å²) in [7, 11) is 0. The lowest BCUT2D eigenvalue weighted by Crippen LogP contribution is -2.40. The number of nitrogens with zero attached hydrogens (tertiary/aromatic N) is 3. The van der Waals surface area contributed by atoms with E-state index in [1.807, 2.05) is 37.3 Å². The summed E-state index contributed by atoms with van der Waals surface area (Å²) in [5.41, 5.74) is 4.83. The molecule has 0 spiro atoms. The largest absolute Gasteiger partial charge is 0.353 e. The summed E-state index contributed by atoms with van der Waals surface area (Å²) in [5.74, 6) is 7.20. The van der Waals surface area contributed by atoms with Crippen molar-refractivity contribution in [3.8, 4) is 11.4 Å². The molecule has 28 heavy (non-hydrogen) atoms. The highest BCUT2D eigenvalue weighted by atomic mass is 16.1. The molecule has 2 aromatic heterocycles. The molecular formula is C22H27N5O. The normalized spacial score (nSPS) is 19.7. The number of benzene rings is 1. The predicted molar refractivity (Wildman–Crippen MR) is 111 cm³/mol. The standard InChI is InChI=1S/C22H27N5O/c1-13-14(2)27(23)22-19(13)20(17-11-7-8-12-18(17)24-15(3)28)25-21(26-22)16-9-5-4-6-10-16/h4-6,9-10,17-18H,7-8,11-12,23H2,1-3H3,(H,24,28)/t17-,18-/m0/s1. The average molecular weight is 377 g/mol. The van der Waals surface area contributed by atoms with Gasteiger partial charge in [0.15, 0.2) is 11.5 Å². The van der Waals surface area contributed by atoms with Gasteiger partial charge in [-0.05, 0) is 32.3 Å². The Hall–Kier alpha value is -2.89. The molecule has 0 bridgehead atoms. The van der Waals surface area contributed by atoms with Crippen LogP contribution in [0, 0.1) is 13.8 Å². The molecule has 0 unspecified atom stereocenters. The molecule has 4 rings (SSSR count). The lowest BCUT2D eigenvalue weighted by molar-refractivity contribution is -0.120. The zero-order valence-electron chi connectivity index (χ0n) is 16.7. The second kappa shape index (κ2) is 7.26. The number of hydrogen-bond donors (Lipinski definition) is 2. The molecule has 1 amide bonds. The average Bonchev–Trinajstić information content (AvgIpc) is 2.92. The van der Waals surface area contributed by atoms with Crippen LogP contribution in [0.3, 0.4) is 0 Å². The monoisotopic (exact) mass is 377 g/mol. The maximum Gasteiger partial charge on any atom is 0.217 e. The van der Waals surface area contributed by atoms with Gasteiger partial charge in [0.25, 0.3) is 0 Å². The number of aryl methyl sites for hydroxylation is 1. The Morgan fingerprint density at radius 1 is 1.14 bits per heavy atom. The Labute approximate surface area is 165 Å². The lowest BCUT2D eigenvalue weighted by atomic mass is 9.81. The van der Waals surface area contributed by atoms with E-state index in [1.165, 1.54) is 0 Å². The van der Waals surface area contributed by atoms with E-state index in [0.717, 1.165) is 59.2 Å². The predicted octanol–water partition coefficient (Wildman–Crippen LogP) is 3.59. The fourth-order valence-corrected chi connectivity index (χ4v) is 4.40. The number of hydrogen-bond acceptors (Lipinski definition) is 4. The maximum absolute atomic E-state index is 11.8. The van der Waals surface area contributed by atoms with Crippen LogP contribution in [-0.2, 0) is 4.79 Å². The number of amides is 1. The molecule has 2 atom stereocenters. The first kappa shape index (κ1) is 18.5. The zero-order chi connectivity index (χ0) is 19.8. The molecular weight excluding hydrogens is 350 g/mol. The Bertz CT molecular complexity index is 1020. The molecule has 146 valence electrons. The van der Waals surface area contributed by atoms with E-state index in [9.17, 15) is 4.79 Å². The number of carbonyl (C=O) groups excluding carboxylic acids is 1. The Kier molecular flexibility index (Phi) is 4.79. The van der Waals surface area contributed by atoms with Gasteiger partial charge in [-0.2, -0.15) is 0 Å². The van der Waals surface area contributed by atoms with Gasteiger partial charge in [-0.25, -0.2) is 14.6 Å². The van der Waals surface area contributed by atoms with E-state index in [4.69, 9.17) is 15.8 Å². The van der Waals surface area contributed by atoms with Gasteiger partial charge >= 0.3 is 0 Å². The molecule has 1 fully saturated rings. The number of nitrogen functional groups attached to an aromatic ring is 1. The SMILES string of the molecule is CC(=O)N[C@H]1CCCC[C@@H]1c1nc(-c2ccccc2)nc2c1c(C)c(C)n2N. The van der Waals surface area contributed by atoms with Crippen LogP contribution in [0.4, 0.5) is 0 Å². The second-order valence-electron chi connectivity index (χ2n) is 7.78. The minimum atomic E-state index is 0.00906. The summed E-state index contributed by atoms with van der Waals surface area (Å²) in [6, 6.07) is 10.1. The molecule has 1 aliphatic carbocycles. The van der Waals surface area contributed by atoms with Gasteiger partial charge in [0.2, 0.25) is 5.91 Å². The van der Waals surface area contributed by atoms with Crippen LogP contribution in [0.5, 0.6) is 0 Å². The summed E-state index contributed by atoms with van der Waals surface area (Å²) >= 11 is 0. The molecule has 6 heteroatoms. The van der Waals surface area contributed by atoms with Crippen molar-refractivity contribution in [3.05, 3.63) is 47.3 Å². The van der Waals surface area contributed by atoms with Crippen molar-refractivity contribution < 1.29 is 4.79 Å². The Balaban J connectivity index is 1.95. The molecule has 0 radical (unpaired) electrons. The highest BCUT2D eigenvalue weighted by Gasteiger charge is 2.32. The molecule has 3 N–H and O–H groups in total. The van der Waals surface area contributed by atoms with Gasteiger partial charge < -0.3 is 11.2 Å². The topological polar surface area (TPSA) is 85.8 Å². The van der Waals surface area contributed by atoms with E-state index in [0.29, 0.717) is 5.82 Å². The van der Waals surface area contributed by atoms with Gasteiger partial charge in [-0.3, -0.25) is 4.79 Å². The fraction of sp³-hybridized carbons (Fsp3) is 0.409. The third kappa shape index (κ3) is 3.13. The molecule has 3 aromatic rings. The van der Waals surface area contributed by atoms with Crippen molar-refractivity contribution in [3.63, 3.8) is 0 Å². The maximum atomic E-state index is 11.8. The van der Waals surface area contributed by atoms with Crippen molar-refractivity contribution in [2.24, 2.45) is 0 Å². The molecule has 1 saturated carbocycles. The van der Waals surface area contributed by atoms with Crippen molar-refractivity contribution in [2.75, 3.05) is 5.84 Å². The number of carbonyl (C=O) groups is 1. The van der Waals surface area contributed by atoms with Crippen LogP contribution in [-0.4, -0.2) is 26.6 Å². The van der Waals surface area contributed by atoms with Crippen LogP contribution < -0.4 is 11.2 Å². The number of nitrogens with one attached hydrogen (secondary N) is 1. The van der Waals surface area contributed by atoms with Gasteiger partial charge in [0.1, 0.15) is 0 Å². The number of fused-ring (bicyclic) bond motifs is 1. The lowest BCUT2D eigenvalue weighted by Gasteiger charge is -2.32. The zero-order valence-corrected chi connectivity index (χ0v) is 16.7. The first-order valence-electron chi connectivity index (χ1n) is 9.94. The van der Waals surface area contributed by atoms with Crippen molar-refractivity contribution in [1.29, 1.82) is 0 Å². The van der Waals surface area contributed by atoms with Crippen molar-refractivity contribution >= 4 is 16.9 Å². The molecule has 1 aromatic carbocycles. The van der Waals surface area contributed by atoms with Crippen molar-refractivity contribution in [1.82, 2.24) is 20.0 Å². The fourth-order valence-electron chi connectivity index (χ4n) is 4.40. The highest BCUT2D eigenvalue weighted by Crippen LogP contribution is 2.38. The van der Waals surface area contributed by atoms with E-state index >= 15 is 0 Å². The van der Waals surface area contributed by atoms with Crippen LogP contribution in [0.2, 0.25) is 0 Å². The molecule has 6 nitrogen and oxygen atoms in total. The highest BCUT2D eigenvalue weighted by molar-refractivity contribution is 5.86. The summed E-state index contributed by atoms with van der Waals surface area (Å²) in [4.78, 5) is 21.6. The number of rotatable bonds is 3. The summed E-state index contributed by atoms with van der Waals surface area (Å²) < 4.78 is 1.67. The summed E-state index contributed by atoms with van der Waals surface area (Å²) in [5, 5.41) is 4.19. The van der Waals surface area contributed by atoms with Gasteiger partial charge in [-0.1, -0.05) is 43.2 Å². The minimum Gasteiger partial charge on any atom is -0.353 e. The quantitative estimate of drug-likeness (QED) is 0.683. The van der Waals surface area contributed by atoms with Gasteiger partial charge in [0, 0.05) is 35.5 Å². The first-order chi connectivity index (χ1) is 13.5. The number of nitrogens with two attached hydrogens (primary N) is 1. The van der Waals surface area contributed by atoms with E-state index in [1.54, 1.807) is 11.6 Å². The van der Waals surface area contributed by atoms with E-state index < -0.39 is 0 Å². The third-order valence-electron chi connectivity index (χ3n) is 5.96. The Morgan fingerprint density at radius 3 is 2.57 bits per heavy atom. The molecule has 2 heterocycles. The minimum absolute atomic E-state index is 0.00906. The van der Waals surface area contributed by atoms with Gasteiger partial charge in [-0.15, -0.1) is 0 Å². The van der Waals surface area contributed by atoms with E-state index in [2.05, 4.69) is 12.2 Å². The molecule has 1 aliphatic rings. The summed E-state index contributed by atoms with van der Waals surface area (Å²) in [6.45, 7) is 5.67. The molecule has 0 aliphatic heterocycles. The molecule has 0 saturated heterocycles.